The molecule has 0 aliphatic heterocycles. The SMILES string of the molecule is Nc1nc(N)c(C([OH2+])C(O)C(O)C(O)CO)c(N)n1. The Labute approximate surface area is 108 Å². The average Bonchev–Trinajstić information content (AvgIpc) is 2.34. The fourth-order valence-electron chi connectivity index (χ4n) is 1.55. The van der Waals surface area contributed by atoms with Crippen LogP contribution in [-0.4, -0.2) is 60.4 Å². The molecule has 0 amide bonds. The van der Waals surface area contributed by atoms with Crippen LogP contribution in [0.3, 0.4) is 0 Å². The summed E-state index contributed by atoms with van der Waals surface area (Å²) >= 11 is 0. The maximum absolute atomic E-state index is 9.75. The Balaban J connectivity index is 3.03. The van der Waals surface area contributed by atoms with Gasteiger partial charge in [-0.2, -0.15) is 9.97 Å². The highest BCUT2D eigenvalue weighted by molar-refractivity contribution is 5.57. The molecular formula is C9H18N5O5+. The summed E-state index contributed by atoms with van der Waals surface area (Å²) in [6, 6.07) is 0. The molecule has 0 radical (unpaired) electrons. The second kappa shape index (κ2) is 5.95. The zero-order valence-corrected chi connectivity index (χ0v) is 9.93. The number of aromatic nitrogens is 2. The van der Waals surface area contributed by atoms with Gasteiger partial charge in [0, 0.05) is 0 Å². The Hall–Kier alpha value is -1.72. The van der Waals surface area contributed by atoms with E-state index in [4.69, 9.17) is 27.4 Å². The summed E-state index contributed by atoms with van der Waals surface area (Å²) in [4.78, 5) is 7.20. The minimum absolute atomic E-state index is 0.106. The number of nitrogens with zero attached hydrogens (tertiary/aromatic N) is 2. The monoisotopic (exact) mass is 276 g/mol. The predicted octanol–water partition coefficient (Wildman–Crippen LogP) is -3.94. The van der Waals surface area contributed by atoms with Crippen LogP contribution in [0.1, 0.15) is 11.7 Å². The minimum Gasteiger partial charge on any atom is -0.437 e. The van der Waals surface area contributed by atoms with Crippen LogP contribution >= 0.6 is 0 Å². The summed E-state index contributed by atoms with van der Waals surface area (Å²) in [6.07, 6.45) is -6.58. The van der Waals surface area contributed by atoms with Gasteiger partial charge in [0.15, 0.2) is 6.10 Å². The summed E-state index contributed by atoms with van der Waals surface area (Å²) in [5, 5.41) is 45.0. The van der Waals surface area contributed by atoms with Crippen LogP contribution in [-0.2, 0) is 0 Å². The summed E-state index contributed by atoms with van der Waals surface area (Å²) < 4.78 is 0. The van der Waals surface area contributed by atoms with E-state index in [1.807, 2.05) is 0 Å². The van der Waals surface area contributed by atoms with E-state index in [1.165, 1.54) is 0 Å². The second-order valence-corrected chi connectivity index (χ2v) is 3.97. The van der Waals surface area contributed by atoms with Crippen LogP contribution in [0, 0.1) is 0 Å². The number of aliphatic hydroxyl groups excluding tert-OH is 4. The number of anilines is 3. The number of hydrogen-bond acceptors (Lipinski definition) is 9. The van der Waals surface area contributed by atoms with Gasteiger partial charge in [0.2, 0.25) is 12.1 Å². The van der Waals surface area contributed by atoms with Crippen molar-refractivity contribution in [3.63, 3.8) is 0 Å². The molecule has 19 heavy (non-hydrogen) atoms. The van der Waals surface area contributed by atoms with E-state index in [0.717, 1.165) is 0 Å². The van der Waals surface area contributed by atoms with Gasteiger partial charge in [-0.1, -0.05) is 0 Å². The maximum atomic E-state index is 9.75. The van der Waals surface area contributed by atoms with Crippen LogP contribution in [0.2, 0.25) is 0 Å². The Morgan fingerprint density at radius 1 is 1.00 bits per heavy atom. The van der Waals surface area contributed by atoms with Crippen molar-refractivity contribution in [2.75, 3.05) is 23.8 Å². The number of nitrogen functional groups attached to an aromatic ring is 3. The van der Waals surface area contributed by atoms with Gasteiger partial charge in [0.05, 0.1) is 6.61 Å². The Morgan fingerprint density at radius 2 is 1.47 bits per heavy atom. The van der Waals surface area contributed by atoms with Gasteiger partial charge in [-0.3, -0.25) is 0 Å². The third-order valence-corrected chi connectivity index (χ3v) is 2.61. The highest BCUT2D eigenvalue weighted by Gasteiger charge is 2.37. The lowest BCUT2D eigenvalue weighted by Crippen LogP contribution is -2.43. The molecule has 0 aromatic carbocycles. The van der Waals surface area contributed by atoms with Crippen molar-refractivity contribution in [1.29, 1.82) is 0 Å². The highest BCUT2D eigenvalue weighted by Crippen LogP contribution is 2.28. The first-order valence-electron chi connectivity index (χ1n) is 5.34. The zero-order valence-electron chi connectivity index (χ0n) is 9.93. The van der Waals surface area contributed by atoms with Gasteiger partial charge in [-0.15, -0.1) is 0 Å². The van der Waals surface area contributed by atoms with Crippen molar-refractivity contribution in [2.24, 2.45) is 0 Å². The molecule has 0 fully saturated rings. The van der Waals surface area contributed by atoms with E-state index in [1.54, 1.807) is 0 Å². The first kappa shape index (κ1) is 15.3. The molecule has 4 atom stereocenters. The van der Waals surface area contributed by atoms with Gasteiger partial charge in [-0.25, -0.2) is 0 Å². The second-order valence-electron chi connectivity index (χ2n) is 3.97. The van der Waals surface area contributed by atoms with E-state index in [-0.39, 0.29) is 23.1 Å². The summed E-state index contributed by atoms with van der Waals surface area (Å²) in [7, 11) is 0. The summed E-state index contributed by atoms with van der Waals surface area (Å²) in [5.74, 6) is -0.583. The van der Waals surface area contributed by atoms with E-state index in [9.17, 15) is 15.3 Å². The molecule has 0 saturated carbocycles. The van der Waals surface area contributed by atoms with Gasteiger partial charge >= 0.3 is 0 Å². The van der Waals surface area contributed by atoms with Crippen LogP contribution in [0.15, 0.2) is 0 Å². The average molecular weight is 276 g/mol. The molecular weight excluding hydrogens is 258 g/mol. The molecule has 1 aromatic rings. The number of nitrogens with two attached hydrogens (primary N) is 3. The van der Waals surface area contributed by atoms with E-state index < -0.39 is 31.0 Å². The Morgan fingerprint density at radius 3 is 1.89 bits per heavy atom. The van der Waals surface area contributed by atoms with Crippen molar-refractivity contribution in [3.05, 3.63) is 5.56 Å². The quantitative estimate of drug-likeness (QED) is 0.261. The molecule has 1 aromatic heterocycles. The molecule has 0 aliphatic carbocycles. The number of hydrogen-bond donors (Lipinski definition) is 7. The maximum Gasteiger partial charge on any atom is 0.223 e. The number of rotatable bonds is 5. The fourth-order valence-corrected chi connectivity index (χ4v) is 1.55. The van der Waals surface area contributed by atoms with E-state index >= 15 is 0 Å². The van der Waals surface area contributed by atoms with Crippen LogP contribution < -0.4 is 17.2 Å². The van der Waals surface area contributed by atoms with Crippen molar-refractivity contribution in [1.82, 2.24) is 9.97 Å². The van der Waals surface area contributed by atoms with E-state index in [2.05, 4.69) is 9.97 Å². The van der Waals surface area contributed by atoms with Crippen molar-refractivity contribution in [2.45, 2.75) is 24.4 Å². The molecule has 108 valence electrons. The highest BCUT2D eigenvalue weighted by atomic mass is 16.4. The fraction of sp³-hybridized carbons (Fsp3) is 0.556. The Kier molecular flexibility index (Phi) is 4.80. The van der Waals surface area contributed by atoms with Gasteiger partial charge in [-0.05, 0) is 0 Å². The summed E-state index contributed by atoms with van der Waals surface area (Å²) in [6.45, 7) is -0.770. The Bertz CT molecular complexity index is 422. The molecule has 0 saturated heterocycles. The van der Waals surface area contributed by atoms with Gasteiger partial charge in [0.25, 0.3) is 0 Å². The molecule has 1 heterocycles. The lowest BCUT2D eigenvalue weighted by atomic mass is 9.98. The van der Waals surface area contributed by atoms with Crippen LogP contribution in [0.4, 0.5) is 17.6 Å². The molecule has 12 N–H and O–H groups in total. The molecule has 1 rings (SSSR count). The standard InChI is InChI=1S/C9H17N5O5/c10-7-3(8(11)14-9(12)13-7)5(18)6(19)4(17)2(16)1-15/h2,4-6,15-19H,1H2,(H6,10,11,12,13,14)/p+1. The number of aliphatic hydroxyl groups is 4. The summed E-state index contributed by atoms with van der Waals surface area (Å²) in [5.41, 5.74) is 16.3. The normalized spacial score (nSPS) is 17.7. The smallest absolute Gasteiger partial charge is 0.223 e. The molecule has 0 aliphatic rings. The van der Waals surface area contributed by atoms with Crippen molar-refractivity contribution in [3.8, 4) is 0 Å². The first-order valence-corrected chi connectivity index (χ1v) is 5.34. The third kappa shape index (κ3) is 3.19. The van der Waals surface area contributed by atoms with E-state index in [0.29, 0.717) is 0 Å². The first-order chi connectivity index (χ1) is 8.79. The molecule has 0 spiro atoms. The van der Waals surface area contributed by atoms with Crippen LogP contribution in [0.25, 0.3) is 0 Å². The zero-order chi connectivity index (χ0) is 14.7. The lowest BCUT2D eigenvalue weighted by Gasteiger charge is -2.24. The third-order valence-electron chi connectivity index (χ3n) is 2.61. The molecule has 10 heteroatoms. The van der Waals surface area contributed by atoms with Crippen LogP contribution in [0.5, 0.6) is 0 Å². The minimum atomic E-state index is -1.75. The molecule has 10 nitrogen and oxygen atoms in total. The van der Waals surface area contributed by atoms with Crippen molar-refractivity contribution < 1.29 is 25.5 Å². The topological polar surface area (TPSA) is 208 Å². The molecule has 0 bridgehead atoms. The molecule has 4 unspecified atom stereocenters. The lowest BCUT2D eigenvalue weighted by molar-refractivity contribution is -0.116. The largest absolute Gasteiger partial charge is 0.437 e. The van der Waals surface area contributed by atoms with Crippen molar-refractivity contribution >= 4 is 17.6 Å². The van der Waals surface area contributed by atoms with Gasteiger partial charge in [0.1, 0.15) is 29.4 Å². The predicted molar refractivity (Wildman–Crippen MR) is 66.7 cm³/mol. The van der Waals surface area contributed by atoms with Gasteiger partial charge < -0.3 is 42.7 Å².